The number of carbonyl (C=O) groups excluding carboxylic acids is 1. The number of amides is 1. The van der Waals surface area contributed by atoms with E-state index in [4.69, 9.17) is 6.52 Å². The van der Waals surface area contributed by atoms with E-state index in [1.165, 1.54) is 6.07 Å². The van der Waals surface area contributed by atoms with Crippen molar-refractivity contribution in [3.8, 4) is 0 Å². The van der Waals surface area contributed by atoms with Crippen molar-refractivity contribution >= 4 is 11.9 Å². The molecule has 0 bridgehead atoms. The van der Waals surface area contributed by atoms with Gasteiger partial charge in [0, 0.05) is 12.1 Å². The van der Waals surface area contributed by atoms with Gasteiger partial charge in [-0.05, 0) is 26.0 Å². The highest BCUT2D eigenvalue weighted by Gasteiger charge is 2.28. The van der Waals surface area contributed by atoms with Gasteiger partial charge in [-0.15, -0.1) is 0 Å². The highest BCUT2D eigenvalue weighted by Crippen LogP contribution is 2.20. The second-order valence-electron chi connectivity index (χ2n) is 4.21. The first-order valence-corrected chi connectivity index (χ1v) is 4.78. The third kappa shape index (κ3) is 2.79. The van der Waals surface area contributed by atoms with Crippen molar-refractivity contribution in [1.29, 1.82) is 0 Å². The fourth-order valence-electron chi connectivity index (χ4n) is 1.23. The molecule has 0 aliphatic rings. The molecule has 1 aromatic rings. The van der Waals surface area contributed by atoms with Crippen LogP contribution in [0.15, 0.2) is 18.2 Å². The number of hydrogen-bond donors (Lipinski definition) is 2. The first-order chi connectivity index (χ1) is 7.86. The lowest BCUT2D eigenvalue weighted by Crippen LogP contribution is -2.27. The summed E-state index contributed by atoms with van der Waals surface area (Å²) < 4.78 is 6.73. The SMILES string of the molecule is [2H]NC(=O)c1cccc(CC(C)(C)C(=O)O)n1. The first kappa shape index (κ1) is 10.6. The molecule has 1 aromatic heterocycles. The zero-order chi connectivity index (χ0) is 13.1. The number of rotatable bonds is 4. The number of nitrogens with two attached hydrogens (primary N) is 1. The molecule has 16 heavy (non-hydrogen) atoms. The fraction of sp³-hybridized carbons (Fsp3) is 0.364. The molecular formula is C11H14N2O3. The number of aliphatic carboxylic acids is 1. The predicted molar refractivity (Wildman–Crippen MR) is 57.9 cm³/mol. The van der Waals surface area contributed by atoms with Gasteiger partial charge in [-0.3, -0.25) is 9.59 Å². The number of carboxylic acid groups (broad SMARTS) is 1. The van der Waals surface area contributed by atoms with Crippen molar-refractivity contribution in [2.24, 2.45) is 11.1 Å². The number of pyridine rings is 1. The second-order valence-corrected chi connectivity index (χ2v) is 4.21. The Morgan fingerprint density at radius 2 is 2.25 bits per heavy atom. The van der Waals surface area contributed by atoms with E-state index in [1.807, 2.05) is 0 Å². The molecule has 5 nitrogen and oxygen atoms in total. The van der Waals surface area contributed by atoms with E-state index in [-0.39, 0.29) is 12.1 Å². The van der Waals surface area contributed by atoms with Crippen LogP contribution in [0.1, 0.15) is 30.0 Å². The zero-order valence-corrected chi connectivity index (χ0v) is 9.15. The van der Waals surface area contributed by atoms with Crippen molar-refractivity contribution < 1.29 is 16.1 Å². The third-order valence-corrected chi connectivity index (χ3v) is 2.24. The van der Waals surface area contributed by atoms with Crippen LogP contribution in [0.3, 0.4) is 0 Å². The number of aromatic nitrogens is 1. The van der Waals surface area contributed by atoms with E-state index >= 15 is 0 Å². The highest BCUT2D eigenvalue weighted by atomic mass is 16.4. The molecule has 0 aliphatic heterocycles. The van der Waals surface area contributed by atoms with Crippen molar-refractivity contribution in [3.05, 3.63) is 29.6 Å². The highest BCUT2D eigenvalue weighted by molar-refractivity contribution is 5.90. The minimum absolute atomic E-state index is 0.110. The molecule has 0 saturated carbocycles. The molecule has 0 spiro atoms. The van der Waals surface area contributed by atoms with Gasteiger partial charge in [-0.25, -0.2) is 4.98 Å². The van der Waals surface area contributed by atoms with Gasteiger partial charge in [0.2, 0.25) is 0 Å². The molecule has 5 heteroatoms. The maximum Gasteiger partial charge on any atom is 0.309 e. The largest absolute Gasteiger partial charge is 0.481 e. The molecular weight excluding hydrogens is 208 g/mol. The molecule has 0 saturated heterocycles. The molecule has 86 valence electrons. The van der Waals surface area contributed by atoms with Crippen LogP contribution in [0.2, 0.25) is 1.41 Å². The lowest BCUT2D eigenvalue weighted by atomic mass is 9.88. The zero-order valence-electron chi connectivity index (χ0n) is 10.2. The number of primary amides is 1. The summed E-state index contributed by atoms with van der Waals surface area (Å²) in [7, 11) is 0. The van der Waals surface area contributed by atoms with Crippen LogP contribution < -0.4 is 5.73 Å². The van der Waals surface area contributed by atoms with E-state index in [9.17, 15) is 9.59 Å². The van der Waals surface area contributed by atoms with Crippen LogP contribution in [-0.2, 0) is 11.2 Å². The Hall–Kier alpha value is -1.91. The van der Waals surface area contributed by atoms with Crippen LogP contribution in [0.25, 0.3) is 0 Å². The van der Waals surface area contributed by atoms with Crippen molar-refractivity contribution in [2.75, 3.05) is 0 Å². The maximum absolute atomic E-state index is 11.2. The molecule has 0 aromatic carbocycles. The number of hydrogen-bond acceptors (Lipinski definition) is 3. The normalized spacial score (nSPS) is 11.8. The second kappa shape index (κ2) is 4.30. The van der Waals surface area contributed by atoms with Crippen molar-refractivity contribution in [3.63, 3.8) is 0 Å². The molecule has 0 atom stereocenters. The Bertz CT molecular complexity index is 446. The van der Waals surface area contributed by atoms with Crippen molar-refractivity contribution in [2.45, 2.75) is 20.3 Å². The van der Waals surface area contributed by atoms with Gasteiger partial charge in [-0.1, -0.05) is 6.07 Å². The molecule has 1 heterocycles. The minimum atomic E-state index is -0.941. The monoisotopic (exact) mass is 223 g/mol. The maximum atomic E-state index is 11.2. The van der Waals surface area contributed by atoms with Gasteiger partial charge in [0.1, 0.15) is 5.69 Å². The molecule has 1 amide bonds. The Balaban J connectivity index is 2.93. The fourth-order valence-corrected chi connectivity index (χ4v) is 1.23. The third-order valence-electron chi connectivity index (χ3n) is 2.24. The Morgan fingerprint density at radius 1 is 1.56 bits per heavy atom. The average Bonchev–Trinajstić information content (AvgIpc) is 2.27. The number of carboxylic acids is 1. The van der Waals surface area contributed by atoms with Gasteiger partial charge < -0.3 is 10.8 Å². The lowest BCUT2D eigenvalue weighted by molar-refractivity contribution is -0.146. The van der Waals surface area contributed by atoms with Crippen LogP contribution in [0.4, 0.5) is 0 Å². The van der Waals surface area contributed by atoms with Gasteiger partial charge in [0.25, 0.3) is 5.91 Å². The predicted octanol–water partition coefficient (Wildman–Crippen LogP) is 0.834. The summed E-state index contributed by atoms with van der Waals surface area (Å²) in [5.74, 6) is -1.53. The summed E-state index contributed by atoms with van der Waals surface area (Å²) in [6.45, 7) is 3.18. The van der Waals surface area contributed by atoms with E-state index in [1.54, 1.807) is 31.7 Å². The van der Waals surface area contributed by atoms with Crippen LogP contribution in [-0.4, -0.2) is 22.0 Å². The molecule has 0 unspecified atom stereocenters. The van der Waals surface area contributed by atoms with Gasteiger partial charge >= 0.3 is 5.97 Å². The standard InChI is InChI=1S/C11H14N2O3/c1-11(2,10(15)16)6-7-4-3-5-8(13-7)9(12)14/h3-5H,6H2,1-2H3,(H2,12,14)(H,15,16)/i/hD. The summed E-state index contributed by atoms with van der Waals surface area (Å²) in [4.78, 5) is 26.2. The lowest BCUT2D eigenvalue weighted by Gasteiger charge is -2.18. The topological polar surface area (TPSA) is 93.3 Å². The average molecular weight is 223 g/mol. The number of nitrogens with zero attached hydrogens (tertiary/aromatic N) is 1. The summed E-state index contributed by atoms with van der Waals surface area (Å²) in [6, 6.07) is 4.75. The summed E-state index contributed by atoms with van der Waals surface area (Å²) >= 11 is 0. The van der Waals surface area contributed by atoms with E-state index in [0.717, 1.165) is 0 Å². The smallest absolute Gasteiger partial charge is 0.309 e. The van der Waals surface area contributed by atoms with E-state index in [2.05, 4.69) is 4.98 Å². The van der Waals surface area contributed by atoms with Gasteiger partial charge in [-0.2, -0.15) is 0 Å². The number of carbonyl (C=O) groups is 2. The molecule has 0 fully saturated rings. The summed E-state index contributed by atoms with van der Waals surface area (Å²) in [5, 5.41) is 8.99. The molecule has 0 aliphatic carbocycles. The Kier molecular flexibility index (Phi) is 2.85. The molecule has 3 N–H and O–H groups in total. The first-order valence-electron chi connectivity index (χ1n) is 5.28. The quantitative estimate of drug-likeness (QED) is 0.790. The van der Waals surface area contributed by atoms with Crippen LogP contribution in [0.5, 0.6) is 0 Å². The van der Waals surface area contributed by atoms with Gasteiger partial charge in [0.05, 0.1) is 5.41 Å². The summed E-state index contributed by atoms with van der Waals surface area (Å²) in [5.41, 5.74) is 1.41. The van der Waals surface area contributed by atoms with E-state index in [0.29, 0.717) is 5.69 Å². The Labute approximate surface area is 94.8 Å². The van der Waals surface area contributed by atoms with Crippen LogP contribution in [0, 0.1) is 5.41 Å². The minimum Gasteiger partial charge on any atom is -0.481 e. The van der Waals surface area contributed by atoms with E-state index < -0.39 is 17.3 Å². The molecule has 0 radical (unpaired) electrons. The van der Waals surface area contributed by atoms with Crippen LogP contribution >= 0.6 is 0 Å². The Morgan fingerprint density at radius 3 is 2.81 bits per heavy atom. The van der Waals surface area contributed by atoms with Crippen molar-refractivity contribution in [1.82, 2.24) is 4.98 Å². The summed E-state index contributed by atoms with van der Waals surface area (Å²) in [6.07, 6.45) is 0.224. The van der Waals surface area contributed by atoms with Gasteiger partial charge in [0.15, 0.2) is 1.41 Å². The molecule has 1 rings (SSSR count).